The minimum atomic E-state index is -0.195. The fourth-order valence-electron chi connectivity index (χ4n) is 2.91. The molecule has 4 rings (SSSR count). The molecule has 2 aliphatic carbocycles. The highest BCUT2D eigenvalue weighted by Crippen LogP contribution is 2.54. The van der Waals surface area contributed by atoms with E-state index in [1.165, 1.54) is 12.2 Å². The molecule has 0 saturated heterocycles. The molecule has 0 atom stereocenters. The predicted molar refractivity (Wildman–Crippen MR) is 85.9 cm³/mol. The molecule has 0 radical (unpaired) electrons. The van der Waals surface area contributed by atoms with Gasteiger partial charge in [-0.1, -0.05) is 60.7 Å². The summed E-state index contributed by atoms with van der Waals surface area (Å²) in [7, 11) is 0. The van der Waals surface area contributed by atoms with Crippen molar-refractivity contribution in [3.8, 4) is 0 Å². The van der Waals surface area contributed by atoms with E-state index < -0.39 is 0 Å². The number of carbonyl (C=O) groups is 2. The lowest BCUT2D eigenvalue weighted by Crippen LogP contribution is -2.01. The summed E-state index contributed by atoms with van der Waals surface area (Å²) in [5.41, 5.74) is 5.20. The SMILES string of the molecule is O=C1C=CC(=O)C1=C1C(c2ccccc2)=C1c1ccccc1. The van der Waals surface area contributed by atoms with Crippen LogP contribution in [0.2, 0.25) is 0 Å². The van der Waals surface area contributed by atoms with Gasteiger partial charge in [-0.05, 0) is 34.4 Å². The summed E-state index contributed by atoms with van der Waals surface area (Å²) in [6.45, 7) is 0. The van der Waals surface area contributed by atoms with Gasteiger partial charge in [-0.3, -0.25) is 9.59 Å². The van der Waals surface area contributed by atoms with Crippen LogP contribution >= 0.6 is 0 Å². The second-order valence-electron chi connectivity index (χ2n) is 5.29. The second-order valence-corrected chi connectivity index (χ2v) is 5.29. The molecule has 0 amide bonds. The van der Waals surface area contributed by atoms with Gasteiger partial charge in [0.25, 0.3) is 0 Å². The third-order valence-electron chi connectivity index (χ3n) is 3.94. The molecule has 0 bridgehead atoms. The van der Waals surface area contributed by atoms with Crippen molar-refractivity contribution < 1.29 is 9.59 Å². The molecule has 0 saturated carbocycles. The third-order valence-corrected chi connectivity index (χ3v) is 3.94. The van der Waals surface area contributed by atoms with Crippen molar-refractivity contribution in [2.45, 2.75) is 0 Å². The number of allylic oxidation sites excluding steroid dienone is 6. The monoisotopic (exact) mass is 284 g/mol. The number of hydrogen-bond acceptors (Lipinski definition) is 2. The summed E-state index contributed by atoms with van der Waals surface area (Å²) in [6.07, 6.45) is 2.71. The molecule has 2 nitrogen and oxygen atoms in total. The Labute approximate surface area is 128 Å². The van der Waals surface area contributed by atoms with Gasteiger partial charge in [-0.2, -0.15) is 0 Å². The first-order valence-electron chi connectivity index (χ1n) is 7.14. The molecule has 104 valence electrons. The van der Waals surface area contributed by atoms with E-state index in [0.717, 1.165) is 27.8 Å². The maximum Gasteiger partial charge on any atom is 0.190 e. The molecule has 2 aromatic carbocycles. The van der Waals surface area contributed by atoms with Crippen LogP contribution in [0.1, 0.15) is 11.1 Å². The molecule has 22 heavy (non-hydrogen) atoms. The van der Waals surface area contributed by atoms with Crippen LogP contribution in [-0.2, 0) is 9.59 Å². The molecule has 0 aromatic heterocycles. The van der Waals surface area contributed by atoms with Crippen molar-refractivity contribution in [3.05, 3.63) is 95.1 Å². The topological polar surface area (TPSA) is 34.1 Å². The van der Waals surface area contributed by atoms with Crippen LogP contribution in [-0.4, -0.2) is 11.6 Å². The number of carbonyl (C=O) groups excluding carboxylic acids is 2. The summed E-state index contributed by atoms with van der Waals surface area (Å²) in [5.74, 6) is -0.390. The van der Waals surface area contributed by atoms with Crippen molar-refractivity contribution in [2.24, 2.45) is 0 Å². The van der Waals surface area contributed by atoms with Crippen molar-refractivity contribution in [1.29, 1.82) is 0 Å². The molecule has 0 spiro atoms. The molecule has 2 aromatic rings. The van der Waals surface area contributed by atoms with Crippen LogP contribution in [0.15, 0.2) is 84.0 Å². The van der Waals surface area contributed by atoms with Gasteiger partial charge >= 0.3 is 0 Å². The van der Waals surface area contributed by atoms with Crippen LogP contribution in [0.5, 0.6) is 0 Å². The molecule has 2 aliphatic rings. The number of rotatable bonds is 2. The molecular weight excluding hydrogens is 272 g/mol. The smallest absolute Gasteiger partial charge is 0.190 e. The Morgan fingerprint density at radius 3 is 1.27 bits per heavy atom. The van der Waals surface area contributed by atoms with Crippen LogP contribution in [0.3, 0.4) is 0 Å². The van der Waals surface area contributed by atoms with Crippen LogP contribution in [0.4, 0.5) is 0 Å². The number of benzene rings is 2. The van der Waals surface area contributed by atoms with Gasteiger partial charge < -0.3 is 0 Å². The second kappa shape index (κ2) is 4.78. The first-order chi connectivity index (χ1) is 10.8. The molecule has 2 heteroatoms. The largest absolute Gasteiger partial charge is 0.289 e. The fraction of sp³-hybridized carbons (Fsp3) is 0. The zero-order valence-electron chi connectivity index (χ0n) is 11.7. The standard InChI is InChI=1S/C20H12O2/c21-15-11-12-16(22)19(15)20-17(13-7-3-1-4-8-13)18(20)14-9-5-2-6-10-14/h1-12H. The van der Waals surface area contributed by atoms with Crippen LogP contribution in [0, 0.1) is 0 Å². The minimum absolute atomic E-state index is 0.195. The Bertz CT molecular complexity index is 810. The van der Waals surface area contributed by atoms with Gasteiger partial charge in [0.05, 0.1) is 5.57 Å². The first kappa shape index (κ1) is 12.7. The van der Waals surface area contributed by atoms with Gasteiger partial charge in [0.2, 0.25) is 0 Å². The van der Waals surface area contributed by atoms with E-state index in [-0.39, 0.29) is 11.6 Å². The molecule has 0 N–H and O–H groups in total. The van der Waals surface area contributed by atoms with Gasteiger partial charge in [-0.15, -0.1) is 0 Å². The Hall–Kier alpha value is -3.00. The summed E-state index contributed by atoms with van der Waals surface area (Å²) in [4.78, 5) is 24.1. The maximum atomic E-state index is 12.0. The summed E-state index contributed by atoms with van der Waals surface area (Å²) in [6, 6.07) is 19.8. The van der Waals surface area contributed by atoms with Gasteiger partial charge in [0.15, 0.2) is 11.6 Å². The van der Waals surface area contributed by atoms with Gasteiger partial charge in [0.1, 0.15) is 0 Å². The third kappa shape index (κ3) is 1.89. The Kier molecular flexibility index (Phi) is 2.76. The summed E-state index contributed by atoms with van der Waals surface area (Å²) in [5, 5.41) is 0. The summed E-state index contributed by atoms with van der Waals surface area (Å²) < 4.78 is 0. The first-order valence-corrected chi connectivity index (χ1v) is 7.14. The zero-order chi connectivity index (χ0) is 15.1. The molecule has 0 unspecified atom stereocenters. The molecule has 0 heterocycles. The average Bonchev–Trinajstić information content (AvgIpc) is 3.21. The highest BCUT2D eigenvalue weighted by atomic mass is 16.2. The lowest BCUT2D eigenvalue weighted by atomic mass is 10.0. The number of hydrogen-bond donors (Lipinski definition) is 0. The van der Waals surface area contributed by atoms with Crippen molar-refractivity contribution in [1.82, 2.24) is 0 Å². The molecule has 0 fully saturated rings. The van der Waals surface area contributed by atoms with E-state index in [0.29, 0.717) is 5.57 Å². The van der Waals surface area contributed by atoms with E-state index in [1.807, 2.05) is 60.7 Å². The maximum absolute atomic E-state index is 12.0. The van der Waals surface area contributed by atoms with Crippen molar-refractivity contribution in [3.63, 3.8) is 0 Å². The Morgan fingerprint density at radius 2 is 0.864 bits per heavy atom. The molecular formula is C20H12O2. The summed E-state index contributed by atoms with van der Waals surface area (Å²) >= 11 is 0. The Morgan fingerprint density at radius 1 is 0.455 bits per heavy atom. The van der Waals surface area contributed by atoms with E-state index in [9.17, 15) is 9.59 Å². The van der Waals surface area contributed by atoms with Crippen LogP contribution in [0.25, 0.3) is 11.1 Å². The highest BCUT2D eigenvalue weighted by Gasteiger charge is 2.39. The van der Waals surface area contributed by atoms with E-state index >= 15 is 0 Å². The molecule has 0 aliphatic heterocycles. The lowest BCUT2D eigenvalue weighted by molar-refractivity contribution is -0.115. The van der Waals surface area contributed by atoms with Gasteiger partial charge in [0, 0.05) is 5.57 Å². The highest BCUT2D eigenvalue weighted by molar-refractivity contribution is 6.41. The number of ketones is 2. The van der Waals surface area contributed by atoms with Crippen LogP contribution < -0.4 is 0 Å². The van der Waals surface area contributed by atoms with E-state index in [4.69, 9.17) is 0 Å². The minimum Gasteiger partial charge on any atom is -0.289 e. The van der Waals surface area contributed by atoms with Gasteiger partial charge in [-0.25, -0.2) is 0 Å². The van der Waals surface area contributed by atoms with E-state index in [2.05, 4.69) is 0 Å². The average molecular weight is 284 g/mol. The normalized spacial score (nSPS) is 16.7. The van der Waals surface area contributed by atoms with Crippen molar-refractivity contribution >= 4 is 22.7 Å². The fourth-order valence-corrected chi connectivity index (χ4v) is 2.91. The Balaban J connectivity index is 1.91. The van der Waals surface area contributed by atoms with E-state index in [1.54, 1.807) is 0 Å². The zero-order valence-corrected chi connectivity index (χ0v) is 11.7. The quantitative estimate of drug-likeness (QED) is 0.623. The van der Waals surface area contributed by atoms with Crippen molar-refractivity contribution in [2.75, 3.05) is 0 Å². The lowest BCUT2D eigenvalue weighted by Gasteiger charge is -1.96. The predicted octanol–water partition coefficient (Wildman–Crippen LogP) is 3.62.